The van der Waals surface area contributed by atoms with Crippen molar-refractivity contribution in [2.24, 2.45) is 0 Å². The Balaban J connectivity index is 0.00000160. The van der Waals surface area contributed by atoms with Crippen LogP contribution < -0.4 is 4.90 Å². The maximum Gasteiger partial charge on any atom is 2.00 e. The first-order valence-electron chi connectivity index (χ1n) is 9.24. The largest absolute Gasteiger partial charge is 2.00 e. The van der Waals surface area contributed by atoms with Crippen molar-refractivity contribution >= 4 is 28.3 Å². The smallest absolute Gasteiger partial charge is 0.432 e. The Morgan fingerprint density at radius 1 is 0.935 bits per heavy atom. The number of halogens is 1. The van der Waals surface area contributed by atoms with Crippen molar-refractivity contribution in [3.8, 4) is 11.4 Å². The quantitative estimate of drug-likeness (QED) is 0.218. The van der Waals surface area contributed by atoms with Crippen LogP contribution in [0.4, 0.5) is 5.69 Å². The van der Waals surface area contributed by atoms with Gasteiger partial charge in [0.05, 0.1) is 11.0 Å². The fraction of sp³-hybridized carbons (Fsp3) is 0.120. The van der Waals surface area contributed by atoms with Crippen LogP contribution in [0.2, 0.25) is 5.02 Å². The monoisotopic (exact) mass is 877 g/mol. The van der Waals surface area contributed by atoms with Gasteiger partial charge in [-0.1, -0.05) is 29.3 Å². The number of rotatable bonds is 6. The zero-order valence-corrected chi connectivity index (χ0v) is 26.7. The summed E-state index contributed by atoms with van der Waals surface area (Å²) in [7, 11) is 0. The zero-order chi connectivity index (χ0) is 19.5. The van der Waals surface area contributed by atoms with Crippen molar-refractivity contribution in [1.82, 2.24) is 9.55 Å². The van der Waals surface area contributed by atoms with E-state index in [2.05, 4.69) is 53.6 Å². The van der Waals surface area contributed by atoms with Gasteiger partial charge in [-0.3, -0.25) is 0 Å². The van der Waals surface area contributed by atoms with Crippen LogP contribution in [0, 0.1) is 89.6 Å². The number of benzene rings is 3. The molecule has 3 nitrogen and oxygen atoms in total. The van der Waals surface area contributed by atoms with Crippen molar-refractivity contribution in [3.63, 3.8) is 0 Å². The minimum atomic E-state index is 0. The summed E-state index contributed by atoms with van der Waals surface area (Å²) in [6.07, 6.45) is 0. The molecule has 31 heavy (non-hydrogen) atoms. The average molecular weight is 878 g/mol. The van der Waals surface area contributed by atoms with E-state index in [1.165, 1.54) is 5.56 Å². The van der Waals surface area contributed by atoms with E-state index in [1.54, 1.807) is 0 Å². The van der Waals surface area contributed by atoms with E-state index < -0.39 is 0 Å². The number of hydrogen-bond acceptors (Lipinski definition) is 2. The van der Waals surface area contributed by atoms with E-state index in [0.717, 1.165) is 34.7 Å². The number of aromatic nitrogens is 2. The standard InChI is InChI=1S/C24H21ClN3.CH3.2U/c1-3-27(4-2)21-13-10-18(11-14-21)17-28-23-15-12-20(25)16-22(23)26-24(28)19-8-6-5-7-9-19;;;/h6-16H,1-4,17H2;1H3;;/q-3;-1;2*+2. The molecule has 0 unspecified atom stereocenters. The van der Waals surface area contributed by atoms with Crippen molar-refractivity contribution in [2.75, 3.05) is 18.0 Å². The van der Waals surface area contributed by atoms with Gasteiger partial charge in [-0.15, -0.1) is 13.1 Å². The molecule has 1 aromatic heterocycles. The second-order valence-corrected chi connectivity index (χ2v) is 7.03. The van der Waals surface area contributed by atoms with Crippen molar-refractivity contribution in [2.45, 2.75) is 6.54 Å². The summed E-state index contributed by atoms with van der Waals surface area (Å²) in [5.74, 6) is 0.924. The summed E-state index contributed by atoms with van der Waals surface area (Å²) in [6.45, 7) is 10.0. The first-order chi connectivity index (χ1) is 13.7. The number of hydrogen-bond donors (Lipinski definition) is 0. The molecule has 0 bridgehead atoms. The minimum Gasteiger partial charge on any atom is -0.432 e. The van der Waals surface area contributed by atoms with E-state index in [4.69, 9.17) is 16.6 Å². The molecule has 154 valence electrons. The van der Waals surface area contributed by atoms with Gasteiger partial charge >= 0.3 is 62.2 Å². The fourth-order valence-electron chi connectivity index (χ4n) is 3.38. The molecular weight excluding hydrogens is 854 g/mol. The number of fused-ring (bicyclic) bond motifs is 1. The van der Waals surface area contributed by atoms with E-state index in [-0.39, 0.29) is 69.7 Å². The molecule has 0 aliphatic rings. The predicted molar refractivity (Wildman–Crippen MR) is 124 cm³/mol. The van der Waals surface area contributed by atoms with Gasteiger partial charge in [0.25, 0.3) is 0 Å². The molecule has 0 atom stereocenters. The Bertz CT molecular complexity index is 1080. The maximum absolute atomic E-state index is 6.19. The van der Waals surface area contributed by atoms with Crippen LogP contribution in [0.25, 0.3) is 22.4 Å². The summed E-state index contributed by atoms with van der Waals surface area (Å²) >= 11 is 6.19. The minimum absolute atomic E-state index is 0. The molecule has 4 aromatic rings. The molecule has 0 fully saturated rings. The number of anilines is 1. The molecular formula is C25H24ClN3U2. The van der Waals surface area contributed by atoms with Crippen LogP contribution in [0.15, 0.2) is 66.7 Å². The van der Waals surface area contributed by atoms with Crippen LogP contribution in [-0.4, -0.2) is 22.6 Å². The first kappa shape index (κ1) is 28.4. The molecule has 0 spiro atoms. The van der Waals surface area contributed by atoms with Gasteiger partial charge in [0, 0.05) is 17.3 Å². The van der Waals surface area contributed by atoms with E-state index in [1.807, 2.05) is 42.5 Å². The first-order valence-corrected chi connectivity index (χ1v) is 9.62. The number of imidazole rings is 1. The van der Waals surface area contributed by atoms with Gasteiger partial charge in [0.15, 0.2) is 0 Å². The summed E-state index contributed by atoms with van der Waals surface area (Å²) in [6, 6.07) is 25.4. The van der Waals surface area contributed by atoms with Crippen LogP contribution >= 0.6 is 11.6 Å². The molecule has 0 amide bonds. The van der Waals surface area contributed by atoms with Crippen molar-refractivity contribution in [1.29, 1.82) is 0 Å². The third-order valence-corrected chi connectivity index (χ3v) is 5.10. The molecule has 0 radical (unpaired) electrons. The average Bonchev–Trinajstić information content (AvgIpc) is 3.08. The summed E-state index contributed by atoms with van der Waals surface area (Å²) < 4.78 is 2.23. The normalized spacial score (nSPS) is 10.0. The zero-order valence-electron chi connectivity index (χ0n) is 17.6. The van der Waals surface area contributed by atoms with Gasteiger partial charge in [-0.05, 0) is 35.9 Å². The van der Waals surface area contributed by atoms with Gasteiger partial charge in [-0.2, -0.15) is 30.3 Å². The molecule has 0 aliphatic heterocycles. The Labute approximate surface area is 238 Å². The summed E-state index contributed by atoms with van der Waals surface area (Å²) in [5, 5.41) is 0.691. The third-order valence-electron chi connectivity index (χ3n) is 4.87. The van der Waals surface area contributed by atoms with Crippen molar-refractivity contribution < 1.29 is 62.2 Å². The van der Waals surface area contributed by atoms with Crippen LogP contribution in [-0.2, 0) is 6.54 Å². The van der Waals surface area contributed by atoms with Gasteiger partial charge in [0.1, 0.15) is 5.82 Å². The second kappa shape index (κ2) is 13.1. The fourth-order valence-corrected chi connectivity index (χ4v) is 3.55. The van der Waals surface area contributed by atoms with Gasteiger partial charge < -0.3 is 30.7 Å². The molecule has 3 aromatic carbocycles. The number of nitrogens with zero attached hydrogens (tertiary/aromatic N) is 3. The molecule has 0 N–H and O–H groups in total. The van der Waals surface area contributed by atoms with Gasteiger partial charge in [-0.25, -0.2) is 4.98 Å². The predicted octanol–water partition coefficient (Wildman–Crippen LogP) is 6.13. The summed E-state index contributed by atoms with van der Waals surface area (Å²) in [5.41, 5.74) is 5.35. The Kier molecular flexibility index (Phi) is 12.0. The van der Waals surface area contributed by atoms with E-state index >= 15 is 0 Å². The third kappa shape index (κ3) is 6.44. The molecule has 6 heteroatoms. The molecule has 1 heterocycles. The van der Waals surface area contributed by atoms with E-state index in [9.17, 15) is 0 Å². The SMILES string of the molecule is [CH2-]CN(C[CH2-])c1ccc(Cn2c(-c3cc[c-]cc3)nc3cc(Cl)ccc32)cc1.[CH3-].[U+2].[U+2]. The molecule has 0 aliphatic carbocycles. The molecule has 0 saturated carbocycles. The maximum atomic E-state index is 6.19. The van der Waals surface area contributed by atoms with E-state index in [0.29, 0.717) is 18.1 Å². The van der Waals surface area contributed by atoms with Crippen LogP contribution in [0.3, 0.4) is 0 Å². The Hall–Kier alpha value is -0.676. The van der Waals surface area contributed by atoms with Crippen LogP contribution in [0.5, 0.6) is 0 Å². The molecule has 0 saturated heterocycles. The molecule has 4 rings (SSSR count). The topological polar surface area (TPSA) is 21.1 Å². The Morgan fingerprint density at radius 3 is 2.19 bits per heavy atom. The summed E-state index contributed by atoms with van der Waals surface area (Å²) in [4.78, 5) is 6.98. The Morgan fingerprint density at radius 2 is 1.58 bits per heavy atom. The van der Waals surface area contributed by atoms with Crippen molar-refractivity contribution in [3.05, 3.63) is 105 Å². The second-order valence-electron chi connectivity index (χ2n) is 6.60. The van der Waals surface area contributed by atoms with Crippen LogP contribution in [0.1, 0.15) is 5.56 Å². The van der Waals surface area contributed by atoms with Gasteiger partial charge in [0.2, 0.25) is 0 Å².